The van der Waals surface area contributed by atoms with Gasteiger partial charge in [0.15, 0.2) is 0 Å². The second-order valence-electron chi connectivity index (χ2n) is 4.76. The molecule has 0 spiro atoms. The van der Waals surface area contributed by atoms with Gasteiger partial charge in [-0.25, -0.2) is 9.59 Å². The van der Waals surface area contributed by atoms with Crippen molar-refractivity contribution in [3.05, 3.63) is 35.4 Å². The number of urea groups is 1. The van der Waals surface area contributed by atoms with Gasteiger partial charge in [0.1, 0.15) is 0 Å². The number of ether oxygens (including phenoxy) is 1. The van der Waals surface area contributed by atoms with Gasteiger partial charge in [-0.2, -0.15) is 0 Å². The van der Waals surface area contributed by atoms with E-state index in [-0.39, 0.29) is 11.6 Å². The van der Waals surface area contributed by atoms with Gasteiger partial charge in [-0.3, -0.25) is 0 Å². The van der Waals surface area contributed by atoms with Crippen LogP contribution in [-0.2, 0) is 11.3 Å². The SMILES string of the molecule is CCOCCN(C)C(=O)N(C)Cc1ccc(C(=O)O)cc1. The molecule has 0 heterocycles. The van der Waals surface area contributed by atoms with Crippen LogP contribution in [0, 0.1) is 0 Å². The Morgan fingerprint density at radius 1 is 1.14 bits per heavy atom. The first-order valence-electron chi connectivity index (χ1n) is 6.82. The number of rotatable bonds is 7. The molecule has 1 rings (SSSR count). The Morgan fingerprint density at radius 3 is 2.29 bits per heavy atom. The molecule has 0 unspecified atom stereocenters. The first kappa shape index (κ1) is 17.0. The number of aromatic carboxylic acids is 1. The maximum Gasteiger partial charge on any atom is 0.335 e. The average molecular weight is 294 g/mol. The highest BCUT2D eigenvalue weighted by molar-refractivity contribution is 5.87. The molecule has 0 aromatic heterocycles. The number of carboxylic acids is 1. The van der Waals surface area contributed by atoms with Gasteiger partial charge in [0.2, 0.25) is 0 Å². The van der Waals surface area contributed by atoms with Crippen molar-refractivity contribution < 1.29 is 19.4 Å². The zero-order valence-corrected chi connectivity index (χ0v) is 12.7. The Kier molecular flexibility index (Phi) is 6.68. The van der Waals surface area contributed by atoms with E-state index in [2.05, 4.69) is 0 Å². The molecule has 6 heteroatoms. The van der Waals surface area contributed by atoms with Gasteiger partial charge < -0.3 is 19.6 Å². The molecule has 6 nitrogen and oxygen atoms in total. The predicted molar refractivity (Wildman–Crippen MR) is 79.4 cm³/mol. The summed E-state index contributed by atoms with van der Waals surface area (Å²) in [5.74, 6) is -0.957. The third-order valence-corrected chi connectivity index (χ3v) is 3.05. The van der Waals surface area contributed by atoms with Crippen LogP contribution >= 0.6 is 0 Å². The van der Waals surface area contributed by atoms with Gasteiger partial charge in [-0.1, -0.05) is 12.1 Å². The van der Waals surface area contributed by atoms with Crippen LogP contribution in [0.15, 0.2) is 24.3 Å². The van der Waals surface area contributed by atoms with Gasteiger partial charge in [-0.05, 0) is 24.6 Å². The van der Waals surface area contributed by atoms with Crippen LogP contribution in [0.1, 0.15) is 22.8 Å². The van der Waals surface area contributed by atoms with Crippen molar-refractivity contribution in [3.8, 4) is 0 Å². The number of carbonyl (C=O) groups is 2. The van der Waals surface area contributed by atoms with Crippen molar-refractivity contribution in [2.45, 2.75) is 13.5 Å². The number of likely N-dealkylation sites (N-methyl/N-ethyl adjacent to an activating group) is 1. The second kappa shape index (κ2) is 8.26. The summed E-state index contributed by atoms with van der Waals surface area (Å²) in [6.07, 6.45) is 0. The van der Waals surface area contributed by atoms with E-state index in [1.807, 2.05) is 6.92 Å². The first-order valence-corrected chi connectivity index (χ1v) is 6.82. The van der Waals surface area contributed by atoms with Gasteiger partial charge in [0.25, 0.3) is 0 Å². The maximum atomic E-state index is 12.1. The Balaban J connectivity index is 2.53. The predicted octanol–water partition coefficient (Wildman–Crippen LogP) is 1.90. The van der Waals surface area contributed by atoms with Crippen molar-refractivity contribution in [1.29, 1.82) is 0 Å². The summed E-state index contributed by atoms with van der Waals surface area (Å²) in [4.78, 5) is 26.1. The van der Waals surface area contributed by atoms with E-state index < -0.39 is 5.97 Å². The quantitative estimate of drug-likeness (QED) is 0.780. The van der Waals surface area contributed by atoms with Crippen LogP contribution in [0.2, 0.25) is 0 Å². The van der Waals surface area contributed by atoms with E-state index in [9.17, 15) is 9.59 Å². The monoisotopic (exact) mass is 294 g/mol. The molecule has 0 aliphatic carbocycles. The minimum absolute atomic E-state index is 0.1000. The summed E-state index contributed by atoms with van der Waals surface area (Å²) in [5.41, 5.74) is 1.12. The molecular weight excluding hydrogens is 272 g/mol. The van der Waals surface area contributed by atoms with Gasteiger partial charge in [0, 0.05) is 33.8 Å². The minimum Gasteiger partial charge on any atom is -0.478 e. The fourth-order valence-electron chi connectivity index (χ4n) is 1.83. The summed E-state index contributed by atoms with van der Waals surface area (Å²) in [7, 11) is 3.44. The fraction of sp³-hybridized carbons (Fsp3) is 0.467. The Hall–Kier alpha value is -2.08. The molecule has 0 atom stereocenters. The molecule has 21 heavy (non-hydrogen) atoms. The Labute approximate surface area is 124 Å². The molecule has 116 valence electrons. The van der Waals surface area contributed by atoms with E-state index in [1.165, 1.54) is 12.1 Å². The number of carboxylic acid groups (broad SMARTS) is 1. The molecule has 0 bridgehead atoms. The van der Waals surface area contributed by atoms with Crippen LogP contribution in [0.3, 0.4) is 0 Å². The highest BCUT2D eigenvalue weighted by Crippen LogP contribution is 2.08. The van der Waals surface area contributed by atoms with Crippen molar-refractivity contribution in [2.75, 3.05) is 33.9 Å². The van der Waals surface area contributed by atoms with Crippen LogP contribution in [-0.4, -0.2) is 60.8 Å². The summed E-state index contributed by atoms with van der Waals surface area (Å²) in [6, 6.07) is 6.40. The molecule has 0 fully saturated rings. The van der Waals surface area contributed by atoms with Gasteiger partial charge in [-0.15, -0.1) is 0 Å². The molecule has 0 aliphatic rings. The molecular formula is C15H22N2O4. The van der Waals surface area contributed by atoms with Crippen molar-refractivity contribution in [1.82, 2.24) is 9.80 Å². The molecule has 0 saturated heterocycles. The lowest BCUT2D eigenvalue weighted by Crippen LogP contribution is -2.39. The summed E-state index contributed by atoms with van der Waals surface area (Å²) in [5, 5.41) is 8.84. The highest BCUT2D eigenvalue weighted by atomic mass is 16.5. The normalized spacial score (nSPS) is 10.2. The average Bonchev–Trinajstić information content (AvgIpc) is 2.47. The van der Waals surface area contributed by atoms with Crippen LogP contribution in [0.4, 0.5) is 4.79 Å². The highest BCUT2D eigenvalue weighted by Gasteiger charge is 2.14. The molecule has 1 aromatic carbocycles. The van der Waals surface area contributed by atoms with Crippen LogP contribution < -0.4 is 0 Å². The zero-order valence-electron chi connectivity index (χ0n) is 12.7. The molecule has 1 aromatic rings. The maximum absolute atomic E-state index is 12.1. The van der Waals surface area contributed by atoms with Gasteiger partial charge in [0.05, 0.1) is 12.2 Å². The van der Waals surface area contributed by atoms with Crippen molar-refractivity contribution in [2.24, 2.45) is 0 Å². The topological polar surface area (TPSA) is 70.1 Å². The number of carbonyl (C=O) groups excluding carboxylic acids is 1. The number of nitrogens with zero attached hydrogens (tertiary/aromatic N) is 2. The third kappa shape index (κ3) is 5.43. The molecule has 2 amide bonds. The van der Waals surface area contributed by atoms with E-state index >= 15 is 0 Å². The Bertz CT molecular complexity index is 473. The largest absolute Gasteiger partial charge is 0.478 e. The van der Waals surface area contributed by atoms with Crippen molar-refractivity contribution >= 4 is 12.0 Å². The molecule has 0 saturated carbocycles. The smallest absolute Gasteiger partial charge is 0.335 e. The lowest BCUT2D eigenvalue weighted by molar-refractivity contribution is 0.0697. The van der Waals surface area contributed by atoms with E-state index in [4.69, 9.17) is 9.84 Å². The van der Waals surface area contributed by atoms with Crippen LogP contribution in [0.5, 0.6) is 0 Å². The number of hydrogen-bond acceptors (Lipinski definition) is 3. The molecule has 0 aliphatic heterocycles. The third-order valence-electron chi connectivity index (χ3n) is 3.05. The zero-order chi connectivity index (χ0) is 15.8. The lowest BCUT2D eigenvalue weighted by atomic mass is 10.1. The summed E-state index contributed by atoms with van der Waals surface area (Å²) < 4.78 is 5.22. The standard InChI is InChI=1S/C15H22N2O4/c1-4-21-10-9-16(2)15(20)17(3)11-12-5-7-13(8-6-12)14(18)19/h5-8H,4,9-11H2,1-3H3,(H,18,19). The molecule has 0 radical (unpaired) electrons. The number of amides is 2. The van der Waals surface area contributed by atoms with Crippen LogP contribution in [0.25, 0.3) is 0 Å². The van der Waals surface area contributed by atoms with E-state index in [0.29, 0.717) is 26.3 Å². The Morgan fingerprint density at radius 2 is 1.76 bits per heavy atom. The number of benzene rings is 1. The summed E-state index contributed by atoms with van der Waals surface area (Å²) >= 11 is 0. The summed E-state index contributed by atoms with van der Waals surface area (Å²) in [6.45, 7) is 4.02. The second-order valence-corrected chi connectivity index (χ2v) is 4.76. The van der Waals surface area contributed by atoms with E-state index in [1.54, 1.807) is 36.0 Å². The lowest BCUT2D eigenvalue weighted by Gasteiger charge is -2.25. The number of hydrogen-bond donors (Lipinski definition) is 1. The fourth-order valence-corrected chi connectivity index (χ4v) is 1.83. The first-order chi connectivity index (χ1) is 9.95. The van der Waals surface area contributed by atoms with Crippen molar-refractivity contribution in [3.63, 3.8) is 0 Å². The van der Waals surface area contributed by atoms with E-state index in [0.717, 1.165) is 5.56 Å². The minimum atomic E-state index is -0.957. The van der Waals surface area contributed by atoms with Gasteiger partial charge >= 0.3 is 12.0 Å². The molecule has 1 N–H and O–H groups in total.